The van der Waals surface area contributed by atoms with Gasteiger partial charge in [-0.05, 0) is 64.4 Å². The maximum Gasteiger partial charge on any atom is 0.320 e. The molecule has 0 saturated carbocycles. The van der Waals surface area contributed by atoms with Crippen molar-refractivity contribution in [3.63, 3.8) is 0 Å². The van der Waals surface area contributed by atoms with Crippen LogP contribution in [0.1, 0.15) is 13.8 Å². The third-order valence-corrected chi connectivity index (χ3v) is 5.95. The van der Waals surface area contributed by atoms with Crippen molar-refractivity contribution in [2.75, 3.05) is 0 Å². The minimum absolute atomic E-state index is 0.0408. The van der Waals surface area contributed by atoms with E-state index >= 15 is 0 Å². The fourth-order valence-corrected chi connectivity index (χ4v) is 4.50. The molecule has 0 aliphatic heterocycles. The Bertz CT molecular complexity index is 1680. The molecule has 34 heavy (non-hydrogen) atoms. The van der Waals surface area contributed by atoms with Crippen molar-refractivity contribution in [3.05, 3.63) is 72.8 Å². The third kappa shape index (κ3) is 3.23. The van der Waals surface area contributed by atoms with Crippen molar-refractivity contribution in [1.29, 1.82) is 0 Å². The second-order valence-electron chi connectivity index (χ2n) is 8.60. The average Bonchev–Trinajstić information content (AvgIpc) is 2.82. The van der Waals surface area contributed by atoms with Gasteiger partial charge in [0.2, 0.25) is 0 Å². The first-order valence-electron chi connectivity index (χ1n) is 11.1. The number of rotatable bonds is 4. The van der Waals surface area contributed by atoms with Crippen LogP contribution >= 0.6 is 0 Å². The van der Waals surface area contributed by atoms with Gasteiger partial charge in [0.15, 0.2) is 11.6 Å². The summed E-state index contributed by atoms with van der Waals surface area (Å²) in [5.41, 5.74) is 1.23. The molecule has 6 aromatic rings. The van der Waals surface area contributed by atoms with E-state index in [-0.39, 0.29) is 29.4 Å². The fourth-order valence-electron chi connectivity index (χ4n) is 4.50. The molecule has 1 aromatic heterocycles. The molecule has 0 spiro atoms. The van der Waals surface area contributed by atoms with Crippen LogP contribution in [0.5, 0.6) is 17.5 Å². The summed E-state index contributed by atoms with van der Waals surface area (Å²) in [5.74, 6) is 0.555. The Morgan fingerprint density at radius 1 is 0.676 bits per heavy atom. The predicted octanol–water partition coefficient (Wildman–Crippen LogP) is 6.30. The lowest BCUT2D eigenvalue weighted by atomic mass is 9.92. The Hall–Kier alpha value is -4.45. The Kier molecular flexibility index (Phi) is 4.48. The molecule has 1 heterocycles. The molecule has 2 N–H and O–H groups in total. The van der Waals surface area contributed by atoms with Gasteiger partial charge in [0.1, 0.15) is 11.5 Å². The summed E-state index contributed by atoms with van der Waals surface area (Å²) in [4.78, 5) is 13.8. The minimum atomic E-state index is -0.141. The second-order valence-corrected chi connectivity index (χ2v) is 8.60. The van der Waals surface area contributed by atoms with Gasteiger partial charge in [-0.2, -0.15) is 9.97 Å². The molecule has 166 valence electrons. The minimum Gasteiger partial charge on any atom is -0.508 e. The van der Waals surface area contributed by atoms with Crippen LogP contribution in [0.2, 0.25) is 0 Å². The van der Waals surface area contributed by atoms with E-state index < -0.39 is 0 Å². The molecule has 0 saturated heterocycles. The summed E-state index contributed by atoms with van der Waals surface area (Å²) in [5, 5.41) is 27.1. The van der Waals surface area contributed by atoms with Gasteiger partial charge in [-0.25, -0.2) is 4.98 Å². The number of aromatic nitrogens is 3. The molecule has 0 atom stereocenters. The first-order chi connectivity index (χ1) is 16.5. The number of hydrogen-bond donors (Lipinski definition) is 2. The topological polar surface area (TPSA) is 88.4 Å². The molecule has 0 aliphatic carbocycles. The normalized spacial score (nSPS) is 11.7. The van der Waals surface area contributed by atoms with Gasteiger partial charge in [0.25, 0.3) is 0 Å². The lowest BCUT2D eigenvalue weighted by molar-refractivity contribution is 0.222. The number of aromatic hydroxyl groups is 2. The predicted molar refractivity (Wildman–Crippen MR) is 133 cm³/mol. The molecule has 5 aromatic carbocycles. The maximum absolute atomic E-state index is 10.4. The Labute approximate surface area is 195 Å². The Morgan fingerprint density at radius 2 is 1.29 bits per heavy atom. The van der Waals surface area contributed by atoms with Gasteiger partial charge < -0.3 is 14.9 Å². The van der Waals surface area contributed by atoms with Crippen LogP contribution < -0.4 is 4.74 Å². The van der Waals surface area contributed by atoms with Crippen molar-refractivity contribution in [2.24, 2.45) is 0 Å². The monoisotopic (exact) mass is 447 g/mol. The number of ether oxygens (including phenoxy) is 1. The highest BCUT2D eigenvalue weighted by Gasteiger charge is 2.18. The quantitative estimate of drug-likeness (QED) is 0.308. The summed E-state index contributed by atoms with van der Waals surface area (Å²) in [6.07, 6.45) is -0.141. The fraction of sp³-hybridized carbons (Fsp3) is 0.107. The van der Waals surface area contributed by atoms with E-state index in [1.54, 1.807) is 6.07 Å². The Morgan fingerprint density at radius 3 is 2.00 bits per heavy atom. The van der Waals surface area contributed by atoms with Crippen LogP contribution in [-0.4, -0.2) is 31.3 Å². The van der Waals surface area contributed by atoms with Gasteiger partial charge in [-0.3, -0.25) is 0 Å². The van der Waals surface area contributed by atoms with Gasteiger partial charge in [0, 0.05) is 11.6 Å². The van der Waals surface area contributed by atoms with E-state index in [0.717, 1.165) is 21.7 Å². The highest BCUT2D eigenvalue weighted by molar-refractivity contribution is 6.25. The molecule has 0 radical (unpaired) electrons. The molecule has 0 aliphatic rings. The van der Waals surface area contributed by atoms with E-state index in [1.807, 2.05) is 19.9 Å². The van der Waals surface area contributed by atoms with E-state index in [0.29, 0.717) is 11.4 Å². The molecule has 6 heteroatoms. The average molecular weight is 447 g/mol. The first-order valence-corrected chi connectivity index (χ1v) is 11.1. The summed E-state index contributed by atoms with van der Waals surface area (Å²) < 4.78 is 5.83. The molecule has 6 rings (SSSR count). The number of phenolic OH excluding ortho intramolecular Hbond substituents is 2. The smallest absolute Gasteiger partial charge is 0.320 e. The summed E-state index contributed by atoms with van der Waals surface area (Å²) in [6, 6.07) is 23.4. The number of nitrogens with zero attached hydrogens (tertiary/aromatic N) is 3. The van der Waals surface area contributed by atoms with E-state index in [2.05, 4.69) is 58.5 Å². The SMILES string of the molecule is CC(C)Oc1nc(-c2ccc(O)cc2O)nc(-c2ccc3ccc4cccc5ccc2c3c45)n1. The van der Waals surface area contributed by atoms with Crippen molar-refractivity contribution in [2.45, 2.75) is 20.0 Å². The van der Waals surface area contributed by atoms with Gasteiger partial charge >= 0.3 is 6.01 Å². The largest absolute Gasteiger partial charge is 0.508 e. The van der Waals surface area contributed by atoms with Crippen LogP contribution in [0.4, 0.5) is 0 Å². The van der Waals surface area contributed by atoms with Crippen LogP contribution in [0.25, 0.3) is 55.1 Å². The van der Waals surface area contributed by atoms with Crippen molar-refractivity contribution in [1.82, 2.24) is 15.0 Å². The molecular formula is C28H21N3O3. The zero-order valence-electron chi connectivity index (χ0n) is 18.6. The van der Waals surface area contributed by atoms with E-state index in [1.165, 1.54) is 28.3 Å². The molecule has 6 nitrogen and oxygen atoms in total. The van der Waals surface area contributed by atoms with Gasteiger partial charge in [0.05, 0.1) is 11.7 Å². The van der Waals surface area contributed by atoms with Crippen LogP contribution in [-0.2, 0) is 0 Å². The number of hydrogen-bond acceptors (Lipinski definition) is 6. The lowest BCUT2D eigenvalue weighted by Gasteiger charge is -2.15. The van der Waals surface area contributed by atoms with Crippen molar-refractivity contribution < 1.29 is 14.9 Å². The van der Waals surface area contributed by atoms with Crippen LogP contribution in [0.3, 0.4) is 0 Å². The summed E-state index contributed by atoms with van der Waals surface area (Å²) in [6.45, 7) is 3.80. The summed E-state index contributed by atoms with van der Waals surface area (Å²) >= 11 is 0. The number of phenols is 2. The lowest BCUT2D eigenvalue weighted by Crippen LogP contribution is -2.10. The molecule has 0 unspecified atom stereocenters. The Balaban J connectivity index is 1.64. The molecule has 0 amide bonds. The molecule has 0 fully saturated rings. The van der Waals surface area contributed by atoms with Crippen LogP contribution in [0.15, 0.2) is 72.8 Å². The number of benzene rings is 5. The van der Waals surface area contributed by atoms with Crippen molar-refractivity contribution in [3.8, 4) is 40.3 Å². The zero-order chi connectivity index (χ0) is 23.4. The molecule has 0 bridgehead atoms. The third-order valence-electron chi connectivity index (χ3n) is 5.95. The van der Waals surface area contributed by atoms with E-state index in [4.69, 9.17) is 9.72 Å². The molecular weight excluding hydrogens is 426 g/mol. The van der Waals surface area contributed by atoms with Crippen molar-refractivity contribution >= 4 is 32.3 Å². The standard InChI is InChI=1S/C28H21N3O3/c1-15(2)34-28-30-26(29-27(31-28)22-13-10-19(32)14-23(22)33)21-12-9-18-7-6-16-4-3-5-17-8-11-20(21)25(18)24(16)17/h3-15,32-33H,1-2H3. The highest BCUT2D eigenvalue weighted by Crippen LogP contribution is 2.39. The van der Waals surface area contributed by atoms with Crippen LogP contribution in [0, 0.1) is 0 Å². The first kappa shape index (κ1) is 20.2. The maximum atomic E-state index is 10.4. The van der Waals surface area contributed by atoms with Gasteiger partial charge in [-0.15, -0.1) is 0 Å². The van der Waals surface area contributed by atoms with E-state index in [9.17, 15) is 10.2 Å². The highest BCUT2D eigenvalue weighted by atomic mass is 16.5. The zero-order valence-corrected chi connectivity index (χ0v) is 18.6. The second kappa shape index (κ2) is 7.56. The van der Waals surface area contributed by atoms with Gasteiger partial charge in [-0.1, -0.05) is 48.5 Å². The summed E-state index contributed by atoms with van der Waals surface area (Å²) in [7, 11) is 0.